The van der Waals surface area contributed by atoms with Crippen molar-refractivity contribution in [3.8, 4) is 28.6 Å². The Morgan fingerprint density at radius 2 is 1.95 bits per heavy atom. The second-order valence-corrected chi connectivity index (χ2v) is 4.97. The largest absolute Gasteiger partial charge is 0.493 e. The zero-order valence-corrected chi connectivity index (χ0v) is 12.3. The van der Waals surface area contributed by atoms with E-state index >= 15 is 0 Å². The predicted octanol–water partition coefficient (Wildman–Crippen LogP) is 1.99. The summed E-state index contributed by atoms with van der Waals surface area (Å²) in [6.07, 6.45) is 0. The Labute approximate surface area is 124 Å². The highest BCUT2D eigenvalue weighted by Crippen LogP contribution is 2.36. The minimum Gasteiger partial charge on any atom is -0.493 e. The van der Waals surface area contributed by atoms with Crippen LogP contribution in [0.25, 0.3) is 17.1 Å². The van der Waals surface area contributed by atoms with Crippen LogP contribution in [0.2, 0.25) is 0 Å². The molecule has 0 atom stereocenters. The molecule has 0 amide bonds. The van der Waals surface area contributed by atoms with Crippen LogP contribution in [-0.4, -0.2) is 34.4 Å². The quantitative estimate of drug-likeness (QED) is 0.742. The van der Waals surface area contributed by atoms with Crippen molar-refractivity contribution in [2.75, 3.05) is 20.0 Å². The third kappa shape index (κ3) is 2.29. The van der Waals surface area contributed by atoms with Crippen LogP contribution in [0, 0.1) is 0 Å². The lowest BCUT2D eigenvalue weighted by Crippen LogP contribution is -2.02. The molecule has 2 aromatic heterocycles. The average Bonchev–Trinajstić information content (AvgIpc) is 3.17. The molecule has 7 nitrogen and oxygen atoms in total. The zero-order valence-electron chi connectivity index (χ0n) is 11.5. The molecule has 2 N–H and O–H groups in total. The van der Waals surface area contributed by atoms with Crippen molar-refractivity contribution in [2.45, 2.75) is 0 Å². The third-order valence-corrected chi connectivity index (χ3v) is 3.69. The molecule has 0 aliphatic rings. The number of hydrogen-bond donors (Lipinski definition) is 1. The lowest BCUT2D eigenvalue weighted by atomic mass is 10.1. The van der Waals surface area contributed by atoms with E-state index in [0.29, 0.717) is 28.6 Å². The van der Waals surface area contributed by atoms with E-state index in [9.17, 15) is 0 Å². The van der Waals surface area contributed by atoms with Crippen LogP contribution in [-0.2, 0) is 0 Å². The first kappa shape index (κ1) is 13.4. The van der Waals surface area contributed by atoms with Crippen LogP contribution < -0.4 is 15.2 Å². The number of methoxy groups -OCH3 is 2. The van der Waals surface area contributed by atoms with Gasteiger partial charge in [0.25, 0.3) is 0 Å². The summed E-state index contributed by atoms with van der Waals surface area (Å²) in [5.41, 5.74) is 8.17. The van der Waals surface area contributed by atoms with Crippen LogP contribution in [0.15, 0.2) is 29.0 Å². The van der Waals surface area contributed by atoms with E-state index in [1.54, 1.807) is 42.4 Å². The van der Waals surface area contributed by atoms with Crippen LogP contribution in [0.3, 0.4) is 0 Å². The first-order valence-corrected chi connectivity index (χ1v) is 7.01. The number of ether oxygens (including phenoxy) is 2. The van der Waals surface area contributed by atoms with Crippen LogP contribution in [0.4, 0.5) is 5.69 Å². The Hall–Kier alpha value is -2.61. The lowest BCUT2D eigenvalue weighted by molar-refractivity contribution is 0.355. The number of aromatic nitrogens is 4. The fourth-order valence-electron chi connectivity index (χ4n) is 2.00. The van der Waals surface area contributed by atoms with Gasteiger partial charge in [-0.2, -0.15) is 16.0 Å². The van der Waals surface area contributed by atoms with Crippen LogP contribution in [0.5, 0.6) is 11.5 Å². The van der Waals surface area contributed by atoms with Crippen molar-refractivity contribution in [1.82, 2.24) is 20.2 Å². The summed E-state index contributed by atoms with van der Waals surface area (Å²) < 4.78 is 12.2. The van der Waals surface area contributed by atoms with Gasteiger partial charge in [-0.15, -0.1) is 5.10 Å². The van der Waals surface area contributed by atoms with Crippen molar-refractivity contribution in [1.29, 1.82) is 0 Å². The van der Waals surface area contributed by atoms with Crippen molar-refractivity contribution in [2.24, 2.45) is 0 Å². The number of rotatable bonds is 4. The maximum absolute atomic E-state index is 6.09. The van der Waals surface area contributed by atoms with Gasteiger partial charge in [0.1, 0.15) is 0 Å². The highest BCUT2D eigenvalue weighted by Gasteiger charge is 2.17. The number of benzene rings is 1. The summed E-state index contributed by atoms with van der Waals surface area (Å²) in [7, 11) is 3.13. The monoisotopic (exact) mass is 303 g/mol. The molecule has 0 aliphatic carbocycles. The minimum absolute atomic E-state index is 0.513. The molecule has 2 heterocycles. The molecule has 0 bridgehead atoms. The second kappa shape index (κ2) is 5.41. The topological polar surface area (TPSA) is 88.1 Å². The SMILES string of the molecule is COc1cc(N)c(-c2nnnn2-c2ccsc2)cc1OC. The first-order chi connectivity index (χ1) is 10.2. The Morgan fingerprint density at radius 1 is 1.19 bits per heavy atom. The number of tetrazole rings is 1. The highest BCUT2D eigenvalue weighted by molar-refractivity contribution is 7.08. The van der Waals surface area contributed by atoms with Crippen molar-refractivity contribution in [3.63, 3.8) is 0 Å². The van der Waals surface area contributed by atoms with Gasteiger partial charge in [0.15, 0.2) is 17.3 Å². The lowest BCUT2D eigenvalue weighted by Gasteiger charge is -2.12. The first-order valence-electron chi connectivity index (χ1n) is 6.07. The van der Waals surface area contributed by atoms with E-state index in [4.69, 9.17) is 15.2 Å². The Bertz CT molecular complexity index is 754. The maximum atomic E-state index is 6.09. The van der Waals surface area contributed by atoms with Gasteiger partial charge in [-0.05, 0) is 27.9 Å². The maximum Gasteiger partial charge on any atom is 0.189 e. The van der Waals surface area contributed by atoms with Gasteiger partial charge in [-0.1, -0.05) is 0 Å². The number of nitrogens with two attached hydrogens (primary N) is 1. The van der Waals surface area contributed by atoms with Crippen molar-refractivity contribution < 1.29 is 9.47 Å². The third-order valence-electron chi connectivity index (χ3n) is 3.02. The molecule has 0 unspecified atom stereocenters. The van der Waals surface area contributed by atoms with Crippen LogP contribution in [0.1, 0.15) is 0 Å². The number of hydrogen-bond acceptors (Lipinski definition) is 7. The van der Waals surface area contributed by atoms with E-state index in [1.165, 1.54) is 0 Å². The summed E-state index contributed by atoms with van der Waals surface area (Å²) in [6.45, 7) is 0. The molecule has 0 saturated heterocycles. The molecule has 0 spiro atoms. The second-order valence-electron chi connectivity index (χ2n) is 4.19. The molecule has 3 rings (SSSR count). The Balaban J connectivity index is 2.16. The Kier molecular flexibility index (Phi) is 3.44. The van der Waals surface area contributed by atoms with Crippen molar-refractivity contribution >= 4 is 17.0 Å². The number of nitrogens with zero attached hydrogens (tertiary/aromatic N) is 4. The normalized spacial score (nSPS) is 10.6. The van der Waals surface area contributed by atoms with Crippen molar-refractivity contribution in [3.05, 3.63) is 29.0 Å². The van der Waals surface area contributed by atoms with Gasteiger partial charge >= 0.3 is 0 Å². The van der Waals surface area contributed by atoms with Gasteiger partial charge in [0.05, 0.1) is 19.9 Å². The zero-order chi connectivity index (χ0) is 14.8. The Morgan fingerprint density at radius 3 is 2.62 bits per heavy atom. The standard InChI is InChI=1S/C13H13N5O2S/c1-19-11-5-9(10(14)6-12(11)20-2)13-15-16-17-18(13)8-3-4-21-7-8/h3-7H,14H2,1-2H3. The van der Waals surface area contributed by atoms with E-state index in [1.807, 2.05) is 16.8 Å². The van der Waals surface area contributed by atoms with Gasteiger partial charge in [0, 0.05) is 22.7 Å². The number of thiophene rings is 1. The van der Waals surface area contributed by atoms with Crippen LogP contribution >= 0.6 is 11.3 Å². The fourth-order valence-corrected chi connectivity index (χ4v) is 2.61. The average molecular weight is 303 g/mol. The predicted molar refractivity (Wildman–Crippen MR) is 80.0 cm³/mol. The fraction of sp³-hybridized carbons (Fsp3) is 0.154. The molecule has 108 valence electrons. The van der Waals surface area contributed by atoms with E-state index in [-0.39, 0.29) is 0 Å². The molecular weight excluding hydrogens is 290 g/mol. The summed E-state index contributed by atoms with van der Waals surface area (Å²) in [4.78, 5) is 0. The van der Waals surface area contributed by atoms with Gasteiger partial charge in [-0.3, -0.25) is 0 Å². The minimum atomic E-state index is 0.513. The highest BCUT2D eigenvalue weighted by atomic mass is 32.1. The van der Waals surface area contributed by atoms with E-state index < -0.39 is 0 Å². The molecule has 0 radical (unpaired) electrons. The number of anilines is 1. The van der Waals surface area contributed by atoms with E-state index in [0.717, 1.165) is 5.69 Å². The molecule has 0 saturated carbocycles. The molecule has 0 aliphatic heterocycles. The summed E-state index contributed by atoms with van der Waals surface area (Å²) >= 11 is 1.57. The molecular formula is C13H13N5O2S. The van der Waals surface area contributed by atoms with Gasteiger partial charge in [0.2, 0.25) is 0 Å². The number of nitrogen functional groups attached to an aromatic ring is 1. The molecule has 8 heteroatoms. The van der Waals surface area contributed by atoms with Gasteiger partial charge < -0.3 is 15.2 Å². The summed E-state index contributed by atoms with van der Waals surface area (Å²) in [5, 5.41) is 15.7. The van der Waals surface area contributed by atoms with Gasteiger partial charge in [-0.25, -0.2) is 0 Å². The molecule has 1 aromatic carbocycles. The van der Waals surface area contributed by atoms with E-state index in [2.05, 4.69) is 15.5 Å². The molecule has 0 fully saturated rings. The summed E-state index contributed by atoms with van der Waals surface area (Å²) in [5.74, 6) is 1.68. The summed E-state index contributed by atoms with van der Waals surface area (Å²) in [6, 6.07) is 5.39. The smallest absolute Gasteiger partial charge is 0.189 e. The molecule has 3 aromatic rings. The molecule has 21 heavy (non-hydrogen) atoms.